The molecule has 91 heavy (non-hydrogen) atoms. The lowest BCUT2D eigenvalue weighted by Gasteiger charge is -2.25. The SMILES string of the molecule is CCCCCCCCCCCCCCCCCCCCCCCCCCCCCCCCCCCCCCCCCCCC(=O)OC(COC(=O)CCCCCCCCCCCCCCCCCCCCCCCCCCC)COC(OCC[N+](C)(C)C)C(=O)O. The average molecular weight is 1290 g/mol. The van der Waals surface area contributed by atoms with Gasteiger partial charge in [0.1, 0.15) is 13.2 Å². The van der Waals surface area contributed by atoms with Crippen molar-refractivity contribution >= 4 is 17.9 Å². The van der Waals surface area contributed by atoms with E-state index in [1.807, 2.05) is 21.1 Å². The average Bonchev–Trinajstić information content (AvgIpc) is 3.53. The molecule has 542 valence electrons. The van der Waals surface area contributed by atoms with Gasteiger partial charge >= 0.3 is 17.9 Å². The molecule has 2 unspecified atom stereocenters. The minimum Gasteiger partial charge on any atom is -0.477 e. The van der Waals surface area contributed by atoms with Gasteiger partial charge in [0.25, 0.3) is 6.29 Å². The number of carboxylic acids is 1. The van der Waals surface area contributed by atoms with E-state index in [2.05, 4.69) is 13.8 Å². The van der Waals surface area contributed by atoms with E-state index in [4.69, 9.17) is 18.9 Å². The van der Waals surface area contributed by atoms with Crippen LogP contribution in [0.15, 0.2) is 0 Å². The van der Waals surface area contributed by atoms with Crippen LogP contribution in [0.5, 0.6) is 0 Å². The van der Waals surface area contributed by atoms with Crippen LogP contribution in [0.4, 0.5) is 0 Å². The summed E-state index contributed by atoms with van der Waals surface area (Å²) in [6.45, 7) is 4.99. The number of likely N-dealkylation sites (N-methyl/N-ethyl adjacent to an activating group) is 1. The van der Waals surface area contributed by atoms with Crippen molar-refractivity contribution in [3.05, 3.63) is 0 Å². The van der Waals surface area contributed by atoms with Gasteiger partial charge in [-0.2, -0.15) is 0 Å². The summed E-state index contributed by atoms with van der Waals surface area (Å²) in [5.41, 5.74) is 0. The molecule has 0 aromatic carbocycles. The third-order valence-corrected chi connectivity index (χ3v) is 19.4. The number of quaternary nitrogens is 1. The van der Waals surface area contributed by atoms with Crippen molar-refractivity contribution in [3.8, 4) is 0 Å². The highest BCUT2D eigenvalue weighted by Gasteiger charge is 2.25. The molecule has 0 aliphatic carbocycles. The Morgan fingerprint density at radius 3 is 0.703 bits per heavy atom. The number of hydrogen-bond donors (Lipinski definition) is 1. The monoisotopic (exact) mass is 1290 g/mol. The summed E-state index contributed by atoms with van der Waals surface area (Å²) in [5.74, 6) is -1.96. The second-order valence-corrected chi connectivity index (χ2v) is 29.8. The van der Waals surface area contributed by atoms with Crippen LogP contribution >= 0.6 is 0 Å². The summed E-state index contributed by atoms with van der Waals surface area (Å²) >= 11 is 0. The lowest BCUT2D eigenvalue weighted by molar-refractivity contribution is -0.870. The maximum atomic E-state index is 13.0. The van der Waals surface area contributed by atoms with Gasteiger partial charge in [0.15, 0.2) is 6.10 Å². The summed E-state index contributed by atoms with van der Waals surface area (Å²) in [6, 6.07) is 0. The lowest BCUT2D eigenvalue weighted by atomic mass is 10.0. The van der Waals surface area contributed by atoms with Crippen molar-refractivity contribution in [2.24, 2.45) is 0 Å². The van der Waals surface area contributed by atoms with E-state index < -0.39 is 18.4 Å². The first-order valence-electron chi connectivity index (χ1n) is 41.2. The molecule has 0 amide bonds. The number of ether oxygens (including phenoxy) is 4. The molecule has 0 aromatic rings. The van der Waals surface area contributed by atoms with Gasteiger partial charge in [0.05, 0.1) is 34.4 Å². The number of carbonyl (C=O) groups is 3. The van der Waals surface area contributed by atoms with Crippen LogP contribution in [0.3, 0.4) is 0 Å². The third kappa shape index (κ3) is 75.5. The summed E-state index contributed by atoms with van der Waals surface area (Å²) in [5, 5.41) is 9.77. The highest BCUT2D eigenvalue weighted by atomic mass is 16.7. The Labute approximate surface area is 568 Å². The second kappa shape index (κ2) is 74.1. The molecular formula is C82H162NO8+. The van der Waals surface area contributed by atoms with Crippen LogP contribution in [0.1, 0.15) is 450 Å². The molecule has 0 bridgehead atoms. The van der Waals surface area contributed by atoms with Crippen LogP contribution in [0.25, 0.3) is 0 Å². The predicted octanol–water partition coefficient (Wildman–Crippen LogP) is 26.2. The van der Waals surface area contributed by atoms with Crippen molar-refractivity contribution in [1.29, 1.82) is 0 Å². The van der Waals surface area contributed by atoms with E-state index in [-0.39, 0.29) is 38.2 Å². The Kier molecular flexibility index (Phi) is 72.7. The first-order valence-corrected chi connectivity index (χ1v) is 41.2. The largest absolute Gasteiger partial charge is 0.477 e. The van der Waals surface area contributed by atoms with Gasteiger partial charge in [-0.1, -0.05) is 425 Å². The topological polar surface area (TPSA) is 108 Å². The molecule has 0 fully saturated rings. The van der Waals surface area contributed by atoms with Crippen LogP contribution in [0.2, 0.25) is 0 Å². The fraction of sp³-hybridized carbons (Fsp3) is 0.963. The number of esters is 2. The zero-order valence-electron chi connectivity index (χ0n) is 62.3. The maximum Gasteiger partial charge on any atom is 0.361 e. The maximum absolute atomic E-state index is 13.0. The molecule has 2 atom stereocenters. The Morgan fingerprint density at radius 2 is 0.495 bits per heavy atom. The van der Waals surface area contributed by atoms with Crippen LogP contribution in [0, 0.1) is 0 Å². The number of carboxylic acid groups (broad SMARTS) is 1. The quantitative estimate of drug-likeness (QED) is 0.0278. The van der Waals surface area contributed by atoms with E-state index in [0.717, 1.165) is 38.5 Å². The van der Waals surface area contributed by atoms with E-state index in [1.54, 1.807) is 0 Å². The number of carbonyl (C=O) groups excluding carboxylic acids is 2. The third-order valence-electron chi connectivity index (χ3n) is 19.4. The van der Waals surface area contributed by atoms with Gasteiger partial charge in [-0.3, -0.25) is 9.59 Å². The molecule has 0 aliphatic rings. The molecule has 9 nitrogen and oxygen atoms in total. The minimum absolute atomic E-state index is 0.172. The zero-order chi connectivity index (χ0) is 66.1. The highest BCUT2D eigenvalue weighted by molar-refractivity contribution is 5.71. The number of hydrogen-bond acceptors (Lipinski definition) is 7. The van der Waals surface area contributed by atoms with E-state index in [0.29, 0.717) is 17.4 Å². The summed E-state index contributed by atoms with van der Waals surface area (Å²) < 4.78 is 23.1. The first kappa shape index (κ1) is 89.3. The van der Waals surface area contributed by atoms with Crippen molar-refractivity contribution in [2.75, 3.05) is 47.5 Å². The Morgan fingerprint density at radius 1 is 0.286 bits per heavy atom. The van der Waals surface area contributed by atoms with Crippen molar-refractivity contribution < 1.29 is 42.9 Å². The minimum atomic E-state index is -1.51. The van der Waals surface area contributed by atoms with E-state index in [1.165, 1.54) is 385 Å². The zero-order valence-corrected chi connectivity index (χ0v) is 62.3. The van der Waals surface area contributed by atoms with Crippen LogP contribution < -0.4 is 0 Å². The van der Waals surface area contributed by atoms with E-state index in [9.17, 15) is 19.5 Å². The summed E-state index contributed by atoms with van der Waals surface area (Å²) in [7, 11) is 6.00. The van der Waals surface area contributed by atoms with Gasteiger partial charge < -0.3 is 28.5 Å². The van der Waals surface area contributed by atoms with Crippen molar-refractivity contribution in [2.45, 2.75) is 463 Å². The summed E-state index contributed by atoms with van der Waals surface area (Å²) in [4.78, 5) is 37.7. The molecule has 0 aromatic heterocycles. The first-order chi connectivity index (χ1) is 44.6. The van der Waals surface area contributed by atoms with Gasteiger partial charge in [-0.05, 0) is 12.8 Å². The number of unbranched alkanes of at least 4 members (excludes halogenated alkanes) is 64. The molecule has 0 radical (unpaired) electrons. The van der Waals surface area contributed by atoms with Gasteiger partial charge in [-0.25, -0.2) is 4.79 Å². The van der Waals surface area contributed by atoms with E-state index >= 15 is 0 Å². The smallest absolute Gasteiger partial charge is 0.361 e. The molecule has 0 heterocycles. The highest BCUT2D eigenvalue weighted by Crippen LogP contribution is 2.21. The molecule has 0 aliphatic heterocycles. The normalized spacial score (nSPS) is 12.5. The molecule has 0 saturated carbocycles. The molecule has 0 rings (SSSR count). The van der Waals surface area contributed by atoms with Gasteiger partial charge in [0, 0.05) is 12.8 Å². The Balaban J connectivity index is 3.89. The fourth-order valence-corrected chi connectivity index (χ4v) is 13.1. The van der Waals surface area contributed by atoms with Gasteiger partial charge in [0.2, 0.25) is 0 Å². The number of nitrogens with zero attached hydrogens (tertiary/aromatic N) is 1. The number of rotatable bonds is 79. The predicted molar refractivity (Wildman–Crippen MR) is 392 cm³/mol. The molecular weight excluding hydrogens is 1130 g/mol. The fourth-order valence-electron chi connectivity index (χ4n) is 13.1. The van der Waals surface area contributed by atoms with Gasteiger partial charge in [-0.15, -0.1) is 0 Å². The van der Waals surface area contributed by atoms with Crippen molar-refractivity contribution in [3.63, 3.8) is 0 Å². The second-order valence-electron chi connectivity index (χ2n) is 29.8. The Bertz CT molecular complexity index is 1450. The standard InChI is InChI=1S/C82H161NO8/c1-6-8-10-12-14-16-18-20-22-24-26-28-30-32-33-34-35-36-37-38-39-40-41-42-43-44-45-46-47-49-51-53-55-57-59-61-63-65-67-69-71-73-80(85)91-78(77-90-82(81(86)87)88-75-74-83(3,4)5)76-89-79(84)72-70-68-66-64-62-60-58-56-54-52-50-48-31-29-27-25-23-21-19-17-15-13-11-9-7-2/h78,82H,6-77H2,1-5H3/p+1. The number of aliphatic carboxylic acids is 1. The van der Waals surface area contributed by atoms with Crippen LogP contribution in [-0.4, -0.2) is 87.4 Å². The molecule has 9 heteroatoms. The summed E-state index contributed by atoms with van der Waals surface area (Å²) in [6.07, 6.45) is 88.6. The van der Waals surface area contributed by atoms with Crippen LogP contribution in [-0.2, 0) is 33.3 Å². The van der Waals surface area contributed by atoms with Crippen molar-refractivity contribution in [1.82, 2.24) is 0 Å². The molecule has 0 saturated heterocycles. The lowest BCUT2D eigenvalue weighted by Crippen LogP contribution is -2.40. The molecule has 0 spiro atoms. The molecule has 1 N–H and O–H groups in total. The Hall–Kier alpha value is -1.71.